The molecule has 9 heteroatoms. The van der Waals surface area contributed by atoms with Gasteiger partial charge in [0.2, 0.25) is 5.91 Å². The Kier molecular flexibility index (Phi) is 5.72. The second kappa shape index (κ2) is 8.40. The minimum atomic E-state index is -0.498. The van der Waals surface area contributed by atoms with Gasteiger partial charge in [-0.1, -0.05) is 24.1 Å². The molecule has 2 aromatic heterocycles. The number of hydrogen-bond donors (Lipinski definition) is 1. The maximum atomic E-state index is 13.0. The highest BCUT2D eigenvalue weighted by atomic mass is 32.1. The fraction of sp³-hybridized carbons (Fsp3) is 0.579. The third-order valence-corrected chi connectivity index (χ3v) is 6.59. The molecule has 0 unspecified atom stereocenters. The van der Waals surface area contributed by atoms with Crippen LogP contribution in [0.3, 0.4) is 0 Å². The molecular formula is C19H25N5O3S. The van der Waals surface area contributed by atoms with Crippen molar-refractivity contribution in [3.8, 4) is 0 Å². The lowest BCUT2D eigenvalue weighted by atomic mass is 10.1. The smallest absolute Gasteiger partial charge is 0.360 e. The molecule has 2 aliphatic rings. The van der Waals surface area contributed by atoms with Crippen LogP contribution in [0.5, 0.6) is 0 Å². The molecule has 8 nitrogen and oxygen atoms in total. The van der Waals surface area contributed by atoms with Crippen molar-refractivity contribution in [2.75, 3.05) is 13.7 Å². The van der Waals surface area contributed by atoms with Crippen LogP contribution in [0.2, 0.25) is 0 Å². The molecule has 1 saturated carbocycles. The average molecular weight is 404 g/mol. The molecule has 150 valence electrons. The van der Waals surface area contributed by atoms with E-state index in [2.05, 4.69) is 20.5 Å². The van der Waals surface area contributed by atoms with E-state index in [0.717, 1.165) is 24.3 Å². The highest BCUT2D eigenvalue weighted by Crippen LogP contribution is 2.34. The van der Waals surface area contributed by atoms with Crippen LogP contribution in [0.15, 0.2) is 23.7 Å². The van der Waals surface area contributed by atoms with Gasteiger partial charge in [0.15, 0.2) is 5.69 Å². The number of carbonyl (C=O) groups excluding carboxylic acids is 2. The molecule has 4 rings (SSSR count). The number of nitrogens with zero attached hydrogens (tertiary/aromatic N) is 4. The molecule has 2 atom stereocenters. The molecule has 1 aliphatic carbocycles. The van der Waals surface area contributed by atoms with Crippen LogP contribution in [0, 0.1) is 0 Å². The van der Waals surface area contributed by atoms with E-state index in [9.17, 15) is 9.59 Å². The fourth-order valence-electron chi connectivity index (χ4n) is 4.29. The summed E-state index contributed by atoms with van der Waals surface area (Å²) in [6, 6.07) is 4.29. The van der Waals surface area contributed by atoms with Gasteiger partial charge < -0.3 is 10.1 Å². The maximum absolute atomic E-state index is 13.0. The number of carbonyl (C=O) groups is 2. The van der Waals surface area contributed by atoms with Gasteiger partial charge >= 0.3 is 5.97 Å². The Hall–Kier alpha value is -2.26. The molecule has 3 heterocycles. The van der Waals surface area contributed by atoms with Gasteiger partial charge in [-0.2, -0.15) is 0 Å². The van der Waals surface area contributed by atoms with Crippen molar-refractivity contribution < 1.29 is 14.3 Å². The van der Waals surface area contributed by atoms with Gasteiger partial charge in [0.25, 0.3) is 0 Å². The van der Waals surface area contributed by atoms with E-state index in [1.807, 2.05) is 17.5 Å². The molecule has 0 spiro atoms. The van der Waals surface area contributed by atoms with Gasteiger partial charge in [0.1, 0.15) is 0 Å². The Balaban J connectivity index is 1.47. The summed E-state index contributed by atoms with van der Waals surface area (Å²) in [5, 5.41) is 13.1. The molecule has 1 saturated heterocycles. The number of thiophene rings is 1. The third-order valence-electron chi connectivity index (χ3n) is 5.71. The van der Waals surface area contributed by atoms with Crippen LogP contribution >= 0.6 is 11.3 Å². The Bertz CT molecular complexity index is 815. The number of amides is 1. The fourth-order valence-corrected chi connectivity index (χ4v) is 4.93. The van der Waals surface area contributed by atoms with Crippen LogP contribution < -0.4 is 5.32 Å². The van der Waals surface area contributed by atoms with E-state index in [1.165, 1.54) is 20.0 Å². The summed E-state index contributed by atoms with van der Waals surface area (Å²) >= 11 is 1.64. The number of methoxy groups -OCH3 is 1. The second-order valence-electron chi connectivity index (χ2n) is 7.41. The second-order valence-corrected chi connectivity index (χ2v) is 8.45. The molecule has 0 radical (unpaired) electrons. The highest BCUT2D eigenvalue weighted by molar-refractivity contribution is 7.09. The van der Waals surface area contributed by atoms with E-state index < -0.39 is 5.97 Å². The standard InChI is InChI=1S/C19H25N5O3S/c1-27-19(26)16-12-24(22-21-16)14-9-17(23(11-14)13-5-2-3-6-13)18(25)20-10-15-7-4-8-28-15/h4,7-8,12-14,17H,2-3,5-6,9-11H2,1H3,(H,20,25)/t14-,17+/m1/s1. The Morgan fingerprint density at radius 3 is 2.86 bits per heavy atom. The number of hydrogen-bond acceptors (Lipinski definition) is 7. The van der Waals surface area contributed by atoms with Crippen molar-refractivity contribution in [3.05, 3.63) is 34.3 Å². The first-order valence-electron chi connectivity index (χ1n) is 9.71. The van der Waals surface area contributed by atoms with Crippen LogP contribution in [-0.2, 0) is 16.1 Å². The summed E-state index contributed by atoms with van der Waals surface area (Å²) in [4.78, 5) is 28.1. The van der Waals surface area contributed by atoms with Crippen molar-refractivity contribution in [2.24, 2.45) is 0 Å². The van der Waals surface area contributed by atoms with Gasteiger partial charge in [0, 0.05) is 17.5 Å². The molecule has 1 aliphatic heterocycles. The van der Waals surface area contributed by atoms with E-state index in [4.69, 9.17) is 4.74 Å². The van der Waals surface area contributed by atoms with Gasteiger partial charge in [-0.05, 0) is 30.7 Å². The van der Waals surface area contributed by atoms with Crippen molar-refractivity contribution in [1.82, 2.24) is 25.2 Å². The molecule has 2 aromatic rings. The van der Waals surface area contributed by atoms with Crippen molar-refractivity contribution in [3.63, 3.8) is 0 Å². The Labute approximate surface area is 167 Å². The lowest BCUT2D eigenvalue weighted by Crippen LogP contribution is -2.46. The first-order valence-corrected chi connectivity index (χ1v) is 10.6. The van der Waals surface area contributed by atoms with Gasteiger partial charge in [-0.15, -0.1) is 16.4 Å². The van der Waals surface area contributed by atoms with Crippen LogP contribution in [0.4, 0.5) is 0 Å². The van der Waals surface area contributed by atoms with Crippen LogP contribution in [0.25, 0.3) is 0 Å². The molecule has 28 heavy (non-hydrogen) atoms. The summed E-state index contributed by atoms with van der Waals surface area (Å²) in [6.45, 7) is 1.30. The number of aromatic nitrogens is 3. The van der Waals surface area contributed by atoms with E-state index in [1.54, 1.807) is 22.2 Å². The summed E-state index contributed by atoms with van der Waals surface area (Å²) < 4.78 is 6.42. The minimum absolute atomic E-state index is 0.0176. The zero-order chi connectivity index (χ0) is 19.5. The summed E-state index contributed by atoms with van der Waals surface area (Å²) in [7, 11) is 1.33. The predicted molar refractivity (Wildman–Crippen MR) is 104 cm³/mol. The number of likely N-dealkylation sites (tertiary alicyclic amines) is 1. The zero-order valence-corrected chi connectivity index (χ0v) is 16.7. The van der Waals surface area contributed by atoms with E-state index >= 15 is 0 Å². The molecule has 0 bridgehead atoms. The highest BCUT2D eigenvalue weighted by Gasteiger charge is 2.42. The molecule has 0 aromatic carbocycles. The topological polar surface area (TPSA) is 89.4 Å². The largest absolute Gasteiger partial charge is 0.464 e. The number of nitrogens with one attached hydrogen (secondary N) is 1. The van der Waals surface area contributed by atoms with Gasteiger partial charge in [-0.25, -0.2) is 9.48 Å². The maximum Gasteiger partial charge on any atom is 0.360 e. The van der Waals surface area contributed by atoms with Crippen molar-refractivity contribution in [1.29, 1.82) is 0 Å². The predicted octanol–water partition coefficient (Wildman–Crippen LogP) is 2.00. The number of rotatable bonds is 6. The lowest BCUT2D eigenvalue weighted by Gasteiger charge is -2.29. The summed E-state index contributed by atoms with van der Waals surface area (Å²) in [6.07, 6.45) is 6.97. The van der Waals surface area contributed by atoms with Crippen molar-refractivity contribution in [2.45, 2.75) is 56.8 Å². The molecular weight excluding hydrogens is 378 g/mol. The zero-order valence-electron chi connectivity index (χ0n) is 15.9. The number of esters is 1. The normalized spacial score (nSPS) is 23.2. The Morgan fingerprint density at radius 2 is 2.14 bits per heavy atom. The lowest BCUT2D eigenvalue weighted by molar-refractivity contribution is -0.126. The SMILES string of the molecule is COC(=O)c1cn([C@@H]2C[C@@H](C(=O)NCc3cccs3)N(C3CCCC3)C2)nn1. The summed E-state index contributed by atoms with van der Waals surface area (Å²) in [5.41, 5.74) is 0.195. The third kappa shape index (κ3) is 3.95. The van der Waals surface area contributed by atoms with Crippen LogP contribution in [0.1, 0.15) is 53.5 Å². The van der Waals surface area contributed by atoms with Crippen LogP contribution in [-0.4, -0.2) is 57.5 Å². The van der Waals surface area contributed by atoms with E-state index in [-0.39, 0.29) is 23.7 Å². The van der Waals surface area contributed by atoms with Gasteiger partial charge in [0.05, 0.1) is 31.9 Å². The first kappa shape index (κ1) is 19.1. The monoisotopic (exact) mass is 403 g/mol. The van der Waals surface area contributed by atoms with E-state index in [0.29, 0.717) is 19.0 Å². The molecule has 1 amide bonds. The number of ether oxygens (including phenoxy) is 1. The quantitative estimate of drug-likeness (QED) is 0.742. The first-order chi connectivity index (χ1) is 13.7. The molecule has 2 fully saturated rings. The summed E-state index contributed by atoms with van der Waals surface area (Å²) in [5.74, 6) is -0.432. The van der Waals surface area contributed by atoms with Gasteiger partial charge in [-0.3, -0.25) is 9.69 Å². The average Bonchev–Trinajstić information content (AvgIpc) is 3.49. The minimum Gasteiger partial charge on any atom is -0.464 e. The van der Waals surface area contributed by atoms with Crippen molar-refractivity contribution >= 4 is 23.2 Å². The molecule has 1 N–H and O–H groups in total. The Morgan fingerprint density at radius 1 is 1.32 bits per heavy atom.